The summed E-state index contributed by atoms with van der Waals surface area (Å²) in [4.78, 5) is 11.2. The van der Waals surface area contributed by atoms with Crippen molar-refractivity contribution in [1.82, 2.24) is 5.32 Å². The van der Waals surface area contributed by atoms with Gasteiger partial charge in [0.25, 0.3) is 0 Å². The Bertz CT molecular complexity index is 179. The first-order chi connectivity index (χ1) is 5.52. The molecule has 0 saturated heterocycles. The molecule has 3 atom stereocenters. The minimum absolute atomic E-state index is 0.000874. The molecule has 0 aliphatic heterocycles. The number of hydrogen-bond acceptors (Lipinski definition) is 2. The van der Waals surface area contributed by atoms with Crippen LogP contribution in [0.15, 0.2) is 0 Å². The first-order valence-electron chi connectivity index (χ1n) is 4.50. The van der Waals surface area contributed by atoms with E-state index >= 15 is 0 Å². The van der Waals surface area contributed by atoms with E-state index in [2.05, 4.69) is 12.2 Å². The Balaban J connectivity index is 2.28. The maximum atomic E-state index is 11.2. The number of amides is 1. The van der Waals surface area contributed by atoms with Gasteiger partial charge in [-0.15, -0.1) is 0 Å². The van der Waals surface area contributed by atoms with E-state index in [1.807, 2.05) is 13.8 Å². The second-order valence-corrected chi connectivity index (χ2v) is 4.02. The molecule has 0 spiro atoms. The lowest BCUT2D eigenvalue weighted by atomic mass is 10.1. The number of aliphatic hydroxyl groups excluding tert-OH is 1. The van der Waals surface area contributed by atoms with Crippen LogP contribution >= 0.6 is 0 Å². The Morgan fingerprint density at radius 1 is 1.58 bits per heavy atom. The van der Waals surface area contributed by atoms with Gasteiger partial charge in [0.15, 0.2) is 0 Å². The zero-order valence-corrected chi connectivity index (χ0v) is 7.87. The largest absolute Gasteiger partial charge is 0.383 e. The van der Waals surface area contributed by atoms with Gasteiger partial charge >= 0.3 is 0 Å². The molecule has 1 fully saturated rings. The van der Waals surface area contributed by atoms with Crippen molar-refractivity contribution in [3.63, 3.8) is 0 Å². The number of hydrogen-bond donors (Lipinski definition) is 2. The Morgan fingerprint density at radius 2 is 2.08 bits per heavy atom. The Morgan fingerprint density at radius 3 is 2.42 bits per heavy atom. The molecule has 0 radical (unpaired) electrons. The van der Waals surface area contributed by atoms with Crippen molar-refractivity contribution in [2.75, 3.05) is 0 Å². The van der Waals surface area contributed by atoms with Gasteiger partial charge in [-0.3, -0.25) is 4.79 Å². The zero-order chi connectivity index (χ0) is 9.30. The van der Waals surface area contributed by atoms with Gasteiger partial charge in [0.1, 0.15) is 6.10 Å². The summed E-state index contributed by atoms with van der Waals surface area (Å²) in [6.07, 6.45) is 0.203. The molecule has 1 amide bonds. The minimum atomic E-state index is -0.849. The topological polar surface area (TPSA) is 49.3 Å². The quantitative estimate of drug-likeness (QED) is 0.650. The van der Waals surface area contributed by atoms with E-state index in [0.717, 1.165) is 6.42 Å². The lowest BCUT2D eigenvalue weighted by Gasteiger charge is -2.13. The van der Waals surface area contributed by atoms with E-state index in [-0.39, 0.29) is 11.8 Å². The first-order valence-corrected chi connectivity index (χ1v) is 4.50. The molecule has 1 rings (SSSR count). The van der Waals surface area contributed by atoms with Crippen LogP contribution < -0.4 is 5.32 Å². The van der Waals surface area contributed by atoms with Crippen molar-refractivity contribution >= 4 is 5.91 Å². The summed E-state index contributed by atoms with van der Waals surface area (Å²) in [7, 11) is 0. The van der Waals surface area contributed by atoms with Crippen molar-refractivity contribution in [1.29, 1.82) is 0 Å². The fourth-order valence-corrected chi connectivity index (χ4v) is 1.09. The molecule has 0 heterocycles. The summed E-state index contributed by atoms with van der Waals surface area (Å²) < 4.78 is 0. The number of carbonyl (C=O) groups is 1. The molecule has 1 saturated carbocycles. The molecule has 12 heavy (non-hydrogen) atoms. The van der Waals surface area contributed by atoms with Crippen LogP contribution in [0.1, 0.15) is 27.2 Å². The van der Waals surface area contributed by atoms with Gasteiger partial charge in [0.2, 0.25) is 5.91 Å². The van der Waals surface area contributed by atoms with Gasteiger partial charge in [-0.05, 0) is 18.3 Å². The first kappa shape index (κ1) is 9.52. The molecule has 3 nitrogen and oxygen atoms in total. The second-order valence-electron chi connectivity index (χ2n) is 4.02. The van der Waals surface area contributed by atoms with E-state index < -0.39 is 6.10 Å². The molecule has 70 valence electrons. The van der Waals surface area contributed by atoms with Gasteiger partial charge in [-0.25, -0.2) is 0 Å². The van der Waals surface area contributed by atoms with Gasteiger partial charge < -0.3 is 10.4 Å². The van der Waals surface area contributed by atoms with Crippen molar-refractivity contribution in [3.05, 3.63) is 0 Å². The Labute approximate surface area is 73.2 Å². The van der Waals surface area contributed by atoms with Crippen LogP contribution in [-0.4, -0.2) is 23.2 Å². The molecule has 1 aliphatic rings. The summed E-state index contributed by atoms with van der Waals surface area (Å²) in [6.45, 7) is 5.76. The van der Waals surface area contributed by atoms with E-state index in [0.29, 0.717) is 12.0 Å². The van der Waals surface area contributed by atoms with E-state index in [9.17, 15) is 9.90 Å². The molecule has 0 bridgehead atoms. The van der Waals surface area contributed by atoms with E-state index in [1.54, 1.807) is 0 Å². The van der Waals surface area contributed by atoms with Crippen molar-refractivity contribution in [3.8, 4) is 0 Å². The van der Waals surface area contributed by atoms with Crippen molar-refractivity contribution in [2.24, 2.45) is 11.8 Å². The summed E-state index contributed by atoms with van der Waals surface area (Å²) >= 11 is 0. The Hall–Kier alpha value is -0.570. The third kappa shape index (κ3) is 2.21. The molecule has 0 aromatic carbocycles. The highest BCUT2D eigenvalue weighted by Crippen LogP contribution is 2.29. The molecular weight excluding hydrogens is 154 g/mol. The van der Waals surface area contributed by atoms with Crippen LogP contribution in [0.3, 0.4) is 0 Å². The predicted molar refractivity (Wildman–Crippen MR) is 46.6 cm³/mol. The molecule has 0 unspecified atom stereocenters. The van der Waals surface area contributed by atoms with Crippen LogP contribution in [0, 0.1) is 11.8 Å². The van der Waals surface area contributed by atoms with Crippen LogP contribution in [0.5, 0.6) is 0 Å². The normalized spacial score (nSPS) is 30.1. The summed E-state index contributed by atoms with van der Waals surface area (Å²) in [5.74, 6) is 0.367. The number of rotatable bonds is 3. The monoisotopic (exact) mass is 171 g/mol. The minimum Gasteiger partial charge on any atom is -0.383 e. The number of aliphatic hydroxyl groups is 1. The summed E-state index contributed by atoms with van der Waals surface area (Å²) in [5.41, 5.74) is 0. The molecule has 0 aromatic rings. The maximum Gasteiger partial charge on any atom is 0.249 e. The SMILES string of the molecule is CC(C)[C@H](O)C(=O)N[C@@H]1C[C@H]1C. The predicted octanol–water partition coefficient (Wildman–Crippen LogP) is 0.528. The third-order valence-electron chi connectivity index (χ3n) is 2.34. The van der Waals surface area contributed by atoms with E-state index in [4.69, 9.17) is 0 Å². The van der Waals surface area contributed by atoms with Crippen LogP contribution in [0.4, 0.5) is 0 Å². The smallest absolute Gasteiger partial charge is 0.249 e. The fraction of sp³-hybridized carbons (Fsp3) is 0.889. The highest BCUT2D eigenvalue weighted by atomic mass is 16.3. The zero-order valence-electron chi connectivity index (χ0n) is 7.87. The van der Waals surface area contributed by atoms with Gasteiger partial charge in [-0.1, -0.05) is 20.8 Å². The van der Waals surface area contributed by atoms with Crippen LogP contribution in [-0.2, 0) is 4.79 Å². The average molecular weight is 171 g/mol. The van der Waals surface area contributed by atoms with Crippen molar-refractivity contribution in [2.45, 2.75) is 39.3 Å². The molecule has 0 aromatic heterocycles. The molecule has 2 N–H and O–H groups in total. The molecule has 1 aliphatic carbocycles. The number of carbonyl (C=O) groups excluding carboxylic acids is 1. The summed E-state index contributed by atoms with van der Waals surface area (Å²) in [5, 5.41) is 12.1. The third-order valence-corrected chi connectivity index (χ3v) is 2.34. The van der Waals surface area contributed by atoms with Gasteiger partial charge in [-0.2, -0.15) is 0 Å². The summed E-state index contributed by atoms with van der Waals surface area (Å²) in [6, 6.07) is 0.311. The Kier molecular flexibility index (Phi) is 2.73. The lowest BCUT2D eigenvalue weighted by molar-refractivity contribution is -0.131. The highest BCUT2D eigenvalue weighted by molar-refractivity contribution is 5.81. The lowest BCUT2D eigenvalue weighted by Crippen LogP contribution is -2.39. The standard InChI is InChI=1S/C9H17NO2/c1-5(2)8(11)9(12)10-7-4-6(7)3/h5-8,11H,4H2,1-3H3,(H,10,12)/t6-,7-,8+/m1/s1. The van der Waals surface area contributed by atoms with Gasteiger partial charge in [0.05, 0.1) is 0 Å². The van der Waals surface area contributed by atoms with Crippen molar-refractivity contribution < 1.29 is 9.90 Å². The molecule has 3 heteroatoms. The van der Waals surface area contributed by atoms with Gasteiger partial charge in [0, 0.05) is 6.04 Å². The second kappa shape index (κ2) is 3.44. The number of nitrogens with one attached hydrogen (secondary N) is 1. The molecular formula is C9H17NO2. The highest BCUT2D eigenvalue weighted by Gasteiger charge is 2.35. The van der Waals surface area contributed by atoms with Crippen LogP contribution in [0.25, 0.3) is 0 Å². The average Bonchev–Trinajstić information content (AvgIpc) is 2.64. The van der Waals surface area contributed by atoms with Crippen LogP contribution in [0.2, 0.25) is 0 Å². The van der Waals surface area contributed by atoms with E-state index in [1.165, 1.54) is 0 Å². The fourth-order valence-electron chi connectivity index (χ4n) is 1.09. The maximum absolute atomic E-state index is 11.2.